The highest BCUT2D eigenvalue weighted by Crippen LogP contribution is 2.17. The van der Waals surface area contributed by atoms with Gasteiger partial charge in [0.2, 0.25) is 5.91 Å². The number of nitrogens with one attached hydrogen (secondary N) is 2. The van der Waals surface area contributed by atoms with Crippen LogP contribution in [0.1, 0.15) is 24.8 Å². The monoisotopic (exact) mass is 383 g/mol. The van der Waals surface area contributed by atoms with Gasteiger partial charge in [0.05, 0.1) is 24.5 Å². The van der Waals surface area contributed by atoms with Crippen LogP contribution >= 0.6 is 0 Å². The van der Waals surface area contributed by atoms with E-state index in [-0.39, 0.29) is 12.0 Å². The van der Waals surface area contributed by atoms with E-state index in [0.29, 0.717) is 31.7 Å². The third-order valence-corrected chi connectivity index (χ3v) is 5.12. The predicted molar refractivity (Wildman–Crippen MR) is 104 cm³/mol. The second-order valence-corrected chi connectivity index (χ2v) is 7.27. The zero-order valence-corrected chi connectivity index (χ0v) is 15.7. The van der Waals surface area contributed by atoms with Crippen LogP contribution in [0.3, 0.4) is 0 Å². The number of aromatic nitrogens is 2. The molecule has 2 aromatic rings. The van der Waals surface area contributed by atoms with Gasteiger partial charge >= 0.3 is 6.03 Å². The Balaban J connectivity index is 1.26. The fourth-order valence-corrected chi connectivity index (χ4v) is 3.68. The summed E-state index contributed by atoms with van der Waals surface area (Å²) in [4.78, 5) is 26.6. The first-order valence-corrected chi connectivity index (χ1v) is 9.71. The summed E-state index contributed by atoms with van der Waals surface area (Å²) in [7, 11) is 0. The second kappa shape index (κ2) is 8.43. The number of amides is 3. The lowest BCUT2D eigenvalue weighted by Crippen LogP contribution is -2.43. The Morgan fingerprint density at radius 2 is 2.11 bits per heavy atom. The fourth-order valence-electron chi connectivity index (χ4n) is 3.68. The molecule has 8 nitrogen and oxygen atoms in total. The van der Waals surface area contributed by atoms with Gasteiger partial charge in [-0.2, -0.15) is 5.10 Å². The SMILES string of the molecule is O=C(Nc1cnn(CC2CCCO2)c1)NC1CCN(Cc2ccccc2)C1=O. The van der Waals surface area contributed by atoms with Gasteiger partial charge in [0.1, 0.15) is 6.04 Å². The first-order valence-electron chi connectivity index (χ1n) is 9.71. The topological polar surface area (TPSA) is 88.5 Å². The van der Waals surface area contributed by atoms with Crippen LogP contribution in [-0.4, -0.2) is 51.9 Å². The van der Waals surface area contributed by atoms with Crippen LogP contribution in [0.4, 0.5) is 10.5 Å². The van der Waals surface area contributed by atoms with Crippen LogP contribution in [0.25, 0.3) is 0 Å². The van der Waals surface area contributed by atoms with E-state index in [1.54, 1.807) is 22.0 Å². The lowest BCUT2D eigenvalue weighted by atomic mass is 10.2. The molecule has 0 saturated carbocycles. The third-order valence-electron chi connectivity index (χ3n) is 5.12. The standard InChI is InChI=1S/C20H25N5O3/c26-19-18(8-9-24(19)12-15-5-2-1-3-6-15)23-20(27)22-16-11-21-25(13-16)14-17-7-4-10-28-17/h1-3,5-6,11,13,17-18H,4,7-10,12,14H2,(H2,22,23,27). The van der Waals surface area contributed by atoms with Crippen molar-refractivity contribution in [1.29, 1.82) is 0 Å². The van der Waals surface area contributed by atoms with Crippen LogP contribution in [0, 0.1) is 0 Å². The van der Waals surface area contributed by atoms with Crippen LogP contribution in [0.15, 0.2) is 42.7 Å². The van der Waals surface area contributed by atoms with E-state index in [1.807, 2.05) is 30.3 Å². The lowest BCUT2D eigenvalue weighted by Gasteiger charge is -2.17. The molecule has 2 saturated heterocycles. The summed E-state index contributed by atoms with van der Waals surface area (Å²) in [6.07, 6.45) is 6.29. The van der Waals surface area contributed by atoms with Gasteiger partial charge in [0, 0.05) is 25.9 Å². The molecule has 3 amide bonds. The van der Waals surface area contributed by atoms with Crippen molar-refractivity contribution in [2.75, 3.05) is 18.5 Å². The maximum Gasteiger partial charge on any atom is 0.319 e. The number of carbonyl (C=O) groups excluding carboxylic acids is 2. The highest BCUT2D eigenvalue weighted by atomic mass is 16.5. The number of ether oxygens (including phenoxy) is 1. The molecule has 2 aliphatic rings. The van der Waals surface area contributed by atoms with Gasteiger partial charge < -0.3 is 20.3 Å². The average Bonchev–Trinajstić information content (AvgIpc) is 3.42. The van der Waals surface area contributed by atoms with Crippen molar-refractivity contribution >= 4 is 17.6 Å². The van der Waals surface area contributed by atoms with E-state index >= 15 is 0 Å². The molecule has 28 heavy (non-hydrogen) atoms. The van der Waals surface area contributed by atoms with E-state index in [0.717, 1.165) is 25.0 Å². The predicted octanol–water partition coefficient (Wildman–Crippen LogP) is 1.98. The zero-order valence-electron chi connectivity index (χ0n) is 15.7. The van der Waals surface area contributed by atoms with Gasteiger partial charge in [-0.1, -0.05) is 30.3 Å². The molecule has 0 bridgehead atoms. The first kappa shape index (κ1) is 18.5. The molecule has 3 heterocycles. The lowest BCUT2D eigenvalue weighted by molar-refractivity contribution is -0.129. The van der Waals surface area contributed by atoms with E-state index in [1.165, 1.54) is 0 Å². The highest BCUT2D eigenvalue weighted by molar-refractivity contribution is 5.94. The average molecular weight is 383 g/mol. The first-order chi connectivity index (χ1) is 13.7. The summed E-state index contributed by atoms with van der Waals surface area (Å²) in [5.74, 6) is -0.0481. The summed E-state index contributed by atoms with van der Waals surface area (Å²) in [5.41, 5.74) is 1.68. The normalized spacial score (nSPS) is 21.9. The van der Waals surface area contributed by atoms with Crippen LogP contribution in [0.5, 0.6) is 0 Å². The molecule has 2 atom stereocenters. The van der Waals surface area contributed by atoms with Crippen molar-refractivity contribution in [2.24, 2.45) is 0 Å². The van der Waals surface area contributed by atoms with Crippen molar-refractivity contribution in [3.63, 3.8) is 0 Å². The summed E-state index contributed by atoms with van der Waals surface area (Å²) < 4.78 is 7.37. The molecule has 2 aliphatic heterocycles. The van der Waals surface area contributed by atoms with E-state index in [9.17, 15) is 9.59 Å². The van der Waals surface area contributed by atoms with Gasteiger partial charge in [0.15, 0.2) is 0 Å². The largest absolute Gasteiger partial charge is 0.376 e. The molecule has 2 N–H and O–H groups in total. The molecular formula is C20H25N5O3. The summed E-state index contributed by atoms with van der Waals surface area (Å²) in [6, 6.07) is 8.97. The minimum Gasteiger partial charge on any atom is -0.376 e. The summed E-state index contributed by atoms with van der Waals surface area (Å²) >= 11 is 0. The van der Waals surface area contributed by atoms with Gasteiger partial charge in [-0.25, -0.2) is 4.79 Å². The molecule has 1 aromatic carbocycles. The summed E-state index contributed by atoms with van der Waals surface area (Å²) in [5, 5.41) is 9.78. The molecule has 2 unspecified atom stereocenters. The maximum atomic E-state index is 12.5. The Labute approximate surface area is 163 Å². The van der Waals surface area contributed by atoms with Crippen molar-refractivity contribution in [3.05, 3.63) is 48.3 Å². The van der Waals surface area contributed by atoms with Crippen LogP contribution in [0.2, 0.25) is 0 Å². The Bertz CT molecular complexity index is 816. The van der Waals surface area contributed by atoms with Gasteiger partial charge in [-0.05, 0) is 24.8 Å². The van der Waals surface area contributed by atoms with Crippen LogP contribution in [-0.2, 0) is 22.6 Å². The molecule has 0 aliphatic carbocycles. The molecule has 8 heteroatoms. The number of carbonyl (C=O) groups is 2. The number of anilines is 1. The quantitative estimate of drug-likeness (QED) is 0.798. The minimum absolute atomic E-state index is 0.0481. The number of likely N-dealkylation sites (tertiary alicyclic amines) is 1. The number of nitrogens with zero attached hydrogens (tertiary/aromatic N) is 3. The van der Waals surface area contributed by atoms with Gasteiger partial charge in [-0.3, -0.25) is 9.48 Å². The number of benzene rings is 1. The molecule has 2 fully saturated rings. The third kappa shape index (κ3) is 4.51. The van der Waals surface area contributed by atoms with Gasteiger partial charge in [-0.15, -0.1) is 0 Å². The molecule has 148 valence electrons. The Morgan fingerprint density at radius 1 is 1.25 bits per heavy atom. The molecule has 4 rings (SSSR count). The van der Waals surface area contributed by atoms with Crippen molar-refractivity contribution < 1.29 is 14.3 Å². The van der Waals surface area contributed by atoms with Gasteiger partial charge in [0.25, 0.3) is 0 Å². The fraction of sp³-hybridized carbons (Fsp3) is 0.450. The highest BCUT2D eigenvalue weighted by Gasteiger charge is 2.32. The van der Waals surface area contributed by atoms with E-state index in [4.69, 9.17) is 4.74 Å². The number of urea groups is 1. The Morgan fingerprint density at radius 3 is 2.89 bits per heavy atom. The zero-order chi connectivity index (χ0) is 19.3. The van der Waals surface area contributed by atoms with Crippen LogP contribution < -0.4 is 10.6 Å². The van der Waals surface area contributed by atoms with E-state index in [2.05, 4.69) is 15.7 Å². The Kier molecular flexibility index (Phi) is 5.57. The molecule has 1 aromatic heterocycles. The number of hydrogen-bond acceptors (Lipinski definition) is 4. The van der Waals surface area contributed by atoms with Crippen molar-refractivity contribution in [1.82, 2.24) is 20.0 Å². The molecule has 0 spiro atoms. The molecular weight excluding hydrogens is 358 g/mol. The smallest absolute Gasteiger partial charge is 0.319 e. The second-order valence-electron chi connectivity index (χ2n) is 7.27. The number of rotatable bonds is 6. The van der Waals surface area contributed by atoms with Crippen molar-refractivity contribution in [2.45, 2.75) is 44.5 Å². The Hall–Kier alpha value is -2.87. The molecule has 0 radical (unpaired) electrons. The van der Waals surface area contributed by atoms with E-state index < -0.39 is 12.1 Å². The summed E-state index contributed by atoms with van der Waals surface area (Å²) in [6.45, 7) is 2.68. The number of hydrogen-bond donors (Lipinski definition) is 2. The minimum atomic E-state index is -0.495. The van der Waals surface area contributed by atoms with Crippen molar-refractivity contribution in [3.8, 4) is 0 Å². The maximum absolute atomic E-state index is 12.5.